The molecule has 0 aliphatic rings. The molecule has 0 saturated carbocycles. The van der Waals surface area contributed by atoms with Crippen molar-refractivity contribution in [1.29, 1.82) is 5.26 Å². The third kappa shape index (κ3) is 3.41. The summed E-state index contributed by atoms with van der Waals surface area (Å²) in [5.41, 5.74) is 0.228. The predicted octanol–water partition coefficient (Wildman–Crippen LogP) is 2.93. The van der Waals surface area contributed by atoms with Crippen LogP contribution in [0, 0.1) is 17.2 Å². The monoisotopic (exact) mass is 303 g/mol. The zero-order valence-corrected chi connectivity index (χ0v) is 12.6. The van der Waals surface area contributed by atoms with Gasteiger partial charge in [-0.3, -0.25) is 0 Å². The summed E-state index contributed by atoms with van der Waals surface area (Å²) in [7, 11) is -3.47. The van der Waals surface area contributed by atoms with Gasteiger partial charge in [0, 0.05) is 10.8 Å². The highest BCUT2D eigenvalue weighted by Gasteiger charge is 2.22. The van der Waals surface area contributed by atoms with E-state index in [1.807, 2.05) is 12.3 Å². The minimum absolute atomic E-state index is 0.0387. The molecule has 0 fully saturated rings. The molecule has 1 aromatic rings. The van der Waals surface area contributed by atoms with Gasteiger partial charge in [0.2, 0.25) is 0 Å². The van der Waals surface area contributed by atoms with E-state index in [0.29, 0.717) is 4.90 Å². The van der Waals surface area contributed by atoms with E-state index in [9.17, 15) is 8.42 Å². The second-order valence-electron chi connectivity index (χ2n) is 3.99. The van der Waals surface area contributed by atoms with Gasteiger partial charge in [-0.25, -0.2) is 8.42 Å². The quantitative estimate of drug-likeness (QED) is 0.620. The number of nitriles is 1. The van der Waals surface area contributed by atoms with Crippen LogP contribution in [0.5, 0.6) is 0 Å². The first-order chi connectivity index (χ1) is 8.46. The van der Waals surface area contributed by atoms with Crippen molar-refractivity contribution in [2.45, 2.75) is 16.7 Å². The average molecular weight is 304 g/mol. The lowest BCUT2D eigenvalue weighted by Crippen LogP contribution is -2.16. The van der Waals surface area contributed by atoms with Gasteiger partial charge >= 0.3 is 0 Å². The Labute approximate surface area is 117 Å². The van der Waals surface area contributed by atoms with Crippen molar-refractivity contribution in [3.05, 3.63) is 23.8 Å². The van der Waals surface area contributed by atoms with Crippen LogP contribution in [-0.2, 0) is 9.84 Å². The lowest BCUT2D eigenvalue weighted by Gasteiger charge is -2.11. The predicted molar refractivity (Wildman–Crippen MR) is 74.9 cm³/mol. The Hall–Kier alpha value is -0.700. The number of halogens is 1. The molecule has 0 N–H and O–H groups in total. The molecule has 0 amide bonds. The maximum Gasteiger partial charge on any atom is 0.180 e. The molecule has 1 aromatic carbocycles. The Morgan fingerprint density at radius 1 is 1.50 bits per heavy atom. The first-order valence-electron chi connectivity index (χ1n) is 5.32. The smallest absolute Gasteiger partial charge is 0.180 e. The Balaban J connectivity index is 3.29. The molecule has 0 aliphatic heterocycles. The van der Waals surface area contributed by atoms with Gasteiger partial charge in [-0.2, -0.15) is 5.26 Å². The van der Waals surface area contributed by atoms with Crippen LogP contribution in [0.4, 0.5) is 0 Å². The first-order valence-corrected chi connectivity index (χ1v) is 8.73. The molecule has 1 atom stereocenters. The summed E-state index contributed by atoms with van der Waals surface area (Å²) in [6, 6.07) is 6.86. The van der Waals surface area contributed by atoms with Crippen LogP contribution in [0.1, 0.15) is 12.5 Å². The molecule has 0 aromatic heterocycles. The van der Waals surface area contributed by atoms with E-state index < -0.39 is 9.84 Å². The fourth-order valence-electron chi connectivity index (χ4n) is 1.56. The molecule has 98 valence electrons. The number of hydrogen-bond donors (Lipinski definition) is 0. The van der Waals surface area contributed by atoms with Gasteiger partial charge in [0.05, 0.1) is 16.2 Å². The van der Waals surface area contributed by atoms with Crippen LogP contribution in [0.25, 0.3) is 0 Å². The summed E-state index contributed by atoms with van der Waals surface area (Å²) in [5, 5.41) is 9.13. The summed E-state index contributed by atoms with van der Waals surface area (Å²) in [6.07, 6.45) is 1.81. The van der Waals surface area contributed by atoms with Crippen LogP contribution >= 0.6 is 23.4 Å². The third-order valence-corrected chi connectivity index (χ3v) is 5.75. The SMILES string of the molecule is CSc1cccc(S(=O)(=O)CC(C)CCl)c1C#N. The lowest BCUT2D eigenvalue weighted by atomic mass is 10.2. The fourth-order valence-corrected chi connectivity index (χ4v) is 4.24. The molecule has 0 radical (unpaired) electrons. The van der Waals surface area contributed by atoms with Crippen molar-refractivity contribution >= 4 is 33.2 Å². The molecule has 0 bridgehead atoms. The molecular weight excluding hydrogens is 290 g/mol. The average Bonchev–Trinajstić information content (AvgIpc) is 2.36. The van der Waals surface area contributed by atoms with Crippen LogP contribution in [0.15, 0.2) is 28.0 Å². The van der Waals surface area contributed by atoms with Gasteiger partial charge in [-0.05, 0) is 24.3 Å². The van der Waals surface area contributed by atoms with Gasteiger partial charge in [-0.15, -0.1) is 23.4 Å². The van der Waals surface area contributed by atoms with Crippen molar-refractivity contribution in [3.8, 4) is 6.07 Å². The lowest BCUT2D eigenvalue weighted by molar-refractivity contribution is 0.582. The number of thioether (sulfide) groups is 1. The maximum atomic E-state index is 12.2. The van der Waals surface area contributed by atoms with Crippen LogP contribution in [0.3, 0.4) is 0 Å². The van der Waals surface area contributed by atoms with Gasteiger partial charge in [0.1, 0.15) is 6.07 Å². The van der Waals surface area contributed by atoms with Gasteiger partial charge in [0.25, 0.3) is 0 Å². The number of nitrogens with zero attached hydrogens (tertiary/aromatic N) is 1. The van der Waals surface area contributed by atoms with E-state index in [4.69, 9.17) is 16.9 Å². The Morgan fingerprint density at radius 3 is 2.67 bits per heavy atom. The Bertz CT molecular complexity index is 564. The van der Waals surface area contributed by atoms with E-state index >= 15 is 0 Å². The molecule has 1 rings (SSSR count). The fraction of sp³-hybridized carbons (Fsp3) is 0.417. The van der Waals surface area contributed by atoms with Crippen molar-refractivity contribution in [1.82, 2.24) is 0 Å². The zero-order chi connectivity index (χ0) is 13.8. The molecule has 1 unspecified atom stereocenters. The molecule has 0 saturated heterocycles. The highest BCUT2D eigenvalue weighted by Crippen LogP contribution is 2.27. The largest absolute Gasteiger partial charge is 0.224 e. The van der Waals surface area contributed by atoms with Crippen LogP contribution < -0.4 is 0 Å². The second kappa shape index (κ2) is 6.46. The Kier molecular flexibility index (Phi) is 5.51. The minimum atomic E-state index is -3.47. The molecule has 0 heterocycles. The second-order valence-corrected chi connectivity index (χ2v) is 7.15. The number of hydrogen-bond acceptors (Lipinski definition) is 4. The van der Waals surface area contributed by atoms with Gasteiger partial charge in [0.15, 0.2) is 9.84 Å². The van der Waals surface area contributed by atoms with E-state index in [1.165, 1.54) is 17.8 Å². The summed E-state index contributed by atoms with van der Waals surface area (Å²) in [6.45, 7) is 1.77. The van der Waals surface area contributed by atoms with Gasteiger partial charge in [-0.1, -0.05) is 13.0 Å². The van der Waals surface area contributed by atoms with Gasteiger partial charge < -0.3 is 0 Å². The molecule has 18 heavy (non-hydrogen) atoms. The molecule has 0 aliphatic carbocycles. The first kappa shape index (κ1) is 15.4. The van der Waals surface area contributed by atoms with Crippen LogP contribution in [-0.4, -0.2) is 26.3 Å². The zero-order valence-electron chi connectivity index (χ0n) is 10.2. The summed E-state index contributed by atoms with van der Waals surface area (Å²) in [5.74, 6) is 0.105. The maximum absolute atomic E-state index is 12.2. The van der Waals surface area contributed by atoms with E-state index in [-0.39, 0.29) is 28.0 Å². The van der Waals surface area contributed by atoms with Crippen molar-refractivity contribution in [2.75, 3.05) is 17.9 Å². The number of sulfone groups is 1. The topological polar surface area (TPSA) is 57.9 Å². The van der Waals surface area contributed by atoms with E-state index in [2.05, 4.69) is 0 Å². The Morgan fingerprint density at radius 2 is 2.17 bits per heavy atom. The highest BCUT2D eigenvalue weighted by atomic mass is 35.5. The van der Waals surface area contributed by atoms with Crippen molar-refractivity contribution in [2.24, 2.45) is 5.92 Å². The minimum Gasteiger partial charge on any atom is -0.224 e. The highest BCUT2D eigenvalue weighted by molar-refractivity contribution is 7.98. The molecule has 0 spiro atoms. The summed E-state index contributed by atoms with van der Waals surface area (Å²) >= 11 is 7.01. The number of alkyl halides is 1. The summed E-state index contributed by atoms with van der Waals surface area (Å²) in [4.78, 5) is 0.783. The molecule has 6 heteroatoms. The van der Waals surface area contributed by atoms with Crippen molar-refractivity contribution in [3.63, 3.8) is 0 Å². The van der Waals surface area contributed by atoms with E-state index in [1.54, 1.807) is 19.1 Å². The normalized spacial score (nSPS) is 13.0. The molecule has 3 nitrogen and oxygen atoms in total. The number of rotatable bonds is 5. The third-order valence-electron chi connectivity index (χ3n) is 2.42. The van der Waals surface area contributed by atoms with E-state index in [0.717, 1.165) is 0 Å². The summed E-state index contributed by atoms with van der Waals surface area (Å²) < 4.78 is 24.5. The number of benzene rings is 1. The van der Waals surface area contributed by atoms with Crippen molar-refractivity contribution < 1.29 is 8.42 Å². The standard InChI is InChI=1S/C12H14ClNO2S2/c1-9(6-13)8-18(15,16)12-5-3-4-11(17-2)10(12)7-14/h3-5,9H,6,8H2,1-2H3. The molecular formula is C12H14ClNO2S2. The van der Waals surface area contributed by atoms with Crippen LogP contribution in [0.2, 0.25) is 0 Å².